The minimum absolute atomic E-state index is 0.0543. The summed E-state index contributed by atoms with van der Waals surface area (Å²) in [6, 6.07) is 17.2. The van der Waals surface area contributed by atoms with Crippen molar-refractivity contribution in [1.29, 1.82) is 0 Å². The van der Waals surface area contributed by atoms with E-state index in [0.717, 1.165) is 16.3 Å². The van der Waals surface area contributed by atoms with Crippen molar-refractivity contribution in [2.45, 2.75) is 26.9 Å². The summed E-state index contributed by atoms with van der Waals surface area (Å²) in [6.07, 6.45) is 2.03. The predicted octanol–water partition coefficient (Wildman–Crippen LogP) is 5.51. The molecule has 0 saturated carbocycles. The maximum atomic E-state index is 13.4. The number of hydrogen-bond donors (Lipinski definition) is 0. The number of methoxy groups -OCH3 is 2. The SMILES string of the molecule is COc1cc(OC)cc(C(=O)N(Cc2cccn2Cc2cccc(Cl)c2)CC(C)C)c1. The van der Waals surface area contributed by atoms with E-state index in [1.807, 2.05) is 35.4 Å². The van der Waals surface area contributed by atoms with Crippen molar-refractivity contribution in [3.63, 3.8) is 0 Å². The zero-order chi connectivity index (χ0) is 22.4. The van der Waals surface area contributed by atoms with Crippen molar-refractivity contribution in [3.8, 4) is 11.5 Å². The van der Waals surface area contributed by atoms with E-state index in [2.05, 4.69) is 30.5 Å². The van der Waals surface area contributed by atoms with Crippen molar-refractivity contribution in [2.75, 3.05) is 20.8 Å². The molecule has 0 radical (unpaired) electrons. The second kappa shape index (κ2) is 10.4. The topological polar surface area (TPSA) is 43.7 Å². The van der Waals surface area contributed by atoms with E-state index in [9.17, 15) is 4.79 Å². The van der Waals surface area contributed by atoms with E-state index in [4.69, 9.17) is 21.1 Å². The fraction of sp³-hybridized carbons (Fsp3) is 0.320. The average Bonchev–Trinajstić information content (AvgIpc) is 3.18. The molecule has 1 aromatic heterocycles. The molecule has 0 aliphatic heterocycles. The molecule has 0 saturated heterocycles. The lowest BCUT2D eigenvalue weighted by Gasteiger charge is -2.26. The Kier molecular flexibility index (Phi) is 7.64. The van der Waals surface area contributed by atoms with Crippen LogP contribution in [0.15, 0.2) is 60.8 Å². The van der Waals surface area contributed by atoms with Gasteiger partial charge in [0.15, 0.2) is 0 Å². The molecule has 3 rings (SSSR count). The zero-order valence-corrected chi connectivity index (χ0v) is 19.2. The number of aromatic nitrogens is 1. The number of benzene rings is 2. The summed E-state index contributed by atoms with van der Waals surface area (Å²) in [7, 11) is 3.16. The van der Waals surface area contributed by atoms with Gasteiger partial charge in [0.05, 0.1) is 20.8 Å². The molecule has 1 heterocycles. The molecule has 0 aliphatic rings. The van der Waals surface area contributed by atoms with Gasteiger partial charge in [-0.05, 0) is 47.9 Å². The van der Waals surface area contributed by atoms with Crippen LogP contribution < -0.4 is 9.47 Å². The Labute approximate surface area is 189 Å². The van der Waals surface area contributed by atoms with Crippen LogP contribution in [0, 0.1) is 5.92 Å². The molecule has 0 aliphatic carbocycles. The first-order chi connectivity index (χ1) is 14.9. The summed E-state index contributed by atoms with van der Waals surface area (Å²) in [4.78, 5) is 15.3. The number of hydrogen-bond acceptors (Lipinski definition) is 3. The highest BCUT2D eigenvalue weighted by Crippen LogP contribution is 2.24. The number of halogens is 1. The highest BCUT2D eigenvalue weighted by molar-refractivity contribution is 6.30. The first-order valence-electron chi connectivity index (χ1n) is 10.3. The molecule has 0 bridgehead atoms. The van der Waals surface area contributed by atoms with Gasteiger partial charge in [-0.25, -0.2) is 0 Å². The molecule has 0 N–H and O–H groups in total. The first kappa shape index (κ1) is 22.8. The van der Waals surface area contributed by atoms with Gasteiger partial charge < -0.3 is 18.9 Å². The summed E-state index contributed by atoms with van der Waals surface area (Å²) in [5.41, 5.74) is 2.72. The Morgan fingerprint density at radius 2 is 1.74 bits per heavy atom. The maximum absolute atomic E-state index is 13.4. The summed E-state index contributed by atoms with van der Waals surface area (Å²) in [5.74, 6) is 1.46. The van der Waals surface area contributed by atoms with Crippen LogP contribution in [0.25, 0.3) is 0 Å². The third-order valence-corrected chi connectivity index (χ3v) is 5.22. The largest absolute Gasteiger partial charge is 0.497 e. The Morgan fingerprint density at radius 3 is 2.35 bits per heavy atom. The van der Waals surface area contributed by atoms with E-state index in [1.165, 1.54) is 0 Å². The van der Waals surface area contributed by atoms with Gasteiger partial charge in [-0.1, -0.05) is 37.6 Å². The molecule has 2 aromatic carbocycles. The number of carbonyl (C=O) groups is 1. The molecule has 0 fully saturated rings. The van der Waals surface area contributed by atoms with Crippen LogP contribution >= 0.6 is 11.6 Å². The number of amides is 1. The standard InChI is InChI=1S/C25H29ClN2O3/c1-18(2)15-28(25(29)20-12-23(30-3)14-24(13-20)31-4)17-22-9-6-10-27(22)16-19-7-5-8-21(26)11-19/h5-14,18H,15-17H2,1-4H3. The Hall–Kier alpha value is -2.92. The molecule has 164 valence electrons. The lowest BCUT2D eigenvalue weighted by Crippen LogP contribution is -2.34. The minimum atomic E-state index is -0.0543. The van der Waals surface area contributed by atoms with Crippen molar-refractivity contribution < 1.29 is 14.3 Å². The third kappa shape index (κ3) is 6.05. The minimum Gasteiger partial charge on any atom is -0.497 e. The smallest absolute Gasteiger partial charge is 0.254 e. The van der Waals surface area contributed by atoms with Gasteiger partial charge in [-0.2, -0.15) is 0 Å². The van der Waals surface area contributed by atoms with E-state index < -0.39 is 0 Å². The lowest BCUT2D eigenvalue weighted by molar-refractivity contribution is 0.0718. The van der Waals surface area contributed by atoms with E-state index in [1.54, 1.807) is 32.4 Å². The lowest BCUT2D eigenvalue weighted by atomic mass is 10.1. The van der Waals surface area contributed by atoms with Crippen molar-refractivity contribution >= 4 is 17.5 Å². The quantitative estimate of drug-likeness (QED) is 0.441. The van der Waals surface area contributed by atoms with Crippen LogP contribution in [0.4, 0.5) is 0 Å². The van der Waals surface area contributed by atoms with Gasteiger partial charge in [-0.15, -0.1) is 0 Å². The van der Waals surface area contributed by atoms with Gasteiger partial charge in [0.25, 0.3) is 5.91 Å². The zero-order valence-electron chi connectivity index (χ0n) is 18.5. The third-order valence-electron chi connectivity index (χ3n) is 4.99. The summed E-state index contributed by atoms with van der Waals surface area (Å²) in [6.45, 7) is 6.05. The van der Waals surface area contributed by atoms with E-state index in [-0.39, 0.29) is 5.91 Å². The highest BCUT2D eigenvalue weighted by atomic mass is 35.5. The Bertz CT molecular complexity index is 1010. The second-order valence-corrected chi connectivity index (χ2v) is 8.37. The fourth-order valence-corrected chi connectivity index (χ4v) is 3.76. The Balaban J connectivity index is 1.86. The van der Waals surface area contributed by atoms with Crippen LogP contribution in [0.2, 0.25) is 5.02 Å². The molecular formula is C25H29ClN2O3. The first-order valence-corrected chi connectivity index (χ1v) is 10.7. The summed E-state index contributed by atoms with van der Waals surface area (Å²) < 4.78 is 12.8. The van der Waals surface area contributed by atoms with Gasteiger partial charge in [-0.3, -0.25) is 4.79 Å². The summed E-state index contributed by atoms with van der Waals surface area (Å²) in [5, 5.41) is 0.717. The predicted molar refractivity (Wildman–Crippen MR) is 124 cm³/mol. The molecule has 5 nitrogen and oxygen atoms in total. The molecule has 31 heavy (non-hydrogen) atoms. The average molecular weight is 441 g/mol. The number of ether oxygens (including phenoxy) is 2. The molecule has 1 amide bonds. The highest BCUT2D eigenvalue weighted by Gasteiger charge is 2.20. The van der Waals surface area contributed by atoms with Gasteiger partial charge in [0.2, 0.25) is 0 Å². The monoisotopic (exact) mass is 440 g/mol. The van der Waals surface area contributed by atoms with Crippen molar-refractivity contribution in [2.24, 2.45) is 5.92 Å². The molecule has 3 aromatic rings. The van der Waals surface area contributed by atoms with Gasteiger partial charge >= 0.3 is 0 Å². The molecule has 0 spiro atoms. The number of rotatable bonds is 9. The number of nitrogens with zero attached hydrogens (tertiary/aromatic N) is 2. The number of carbonyl (C=O) groups excluding carboxylic acids is 1. The van der Waals surface area contributed by atoms with Crippen LogP contribution in [0.3, 0.4) is 0 Å². The maximum Gasteiger partial charge on any atom is 0.254 e. The molecular weight excluding hydrogens is 412 g/mol. The van der Waals surface area contributed by atoms with Crippen LogP contribution in [0.5, 0.6) is 11.5 Å². The molecule has 0 unspecified atom stereocenters. The van der Waals surface area contributed by atoms with E-state index >= 15 is 0 Å². The molecule has 0 atom stereocenters. The van der Waals surface area contributed by atoms with Crippen molar-refractivity contribution in [1.82, 2.24) is 9.47 Å². The fourth-order valence-electron chi connectivity index (χ4n) is 3.55. The molecule has 6 heteroatoms. The van der Waals surface area contributed by atoms with Crippen LogP contribution in [-0.2, 0) is 13.1 Å². The van der Waals surface area contributed by atoms with Crippen LogP contribution in [-0.4, -0.2) is 36.1 Å². The van der Waals surface area contributed by atoms with Crippen LogP contribution in [0.1, 0.15) is 35.5 Å². The normalized spacial score (nSPS) is 10.9. The van der Waals surface area contributed by atoms with E-state index in [0.29, 0.717) is 42.6 Å². The van der Waals surface area contributed by atoms with Crippen molar-refractivity contribution in [3.05, 3.63) is 82.6 Å². The van der Waals surface area contributed by atoms with Gasteiger partial charge in [0.1, 0.15) is 11.5 Å². The summed E-state index contributed by atoms with van der Waals surface area (Å²) >= 11 is 6.14. The van der Waals surface area contributed by atoms with Gasteiger partial charge in [0, 0.05) is 41.6 Å². The Morgan fingerprint density at radius 1 is 1.03 bits per heavy atom. The second-order valence-electron chi connectivity index (χ2n) is 7.94.